The number of non-ortho nitro benzene ring substituents is 1. The lowest BCUT2D eigenvalue weighted by molar-refractivity contribution is -0.384. The van der Waals surface area contributed by atoms with Gasteiger partial charge in [0.15, 0.2) is 5.11 Å². The highest BCUT2D eigenvalue weighted by Crippen LogP contribution is 2.44. The van der Waals surface area contributed by atoms with Crippen molar-refractivity contribution in [1.29, 1.82) is 0 Å². The number of pyridine rings is 1. The number of aromatic nitrogens is 1. The number of nitro benzene ring substituents is 1. The van der Waals surface area contributed by atoms with Crippen LogP contribution in [0, 0.1) is 17.0 Å². The third-order valence-electron chi connectivity index (χ3n) is 6.88. The highest BCUT2D eigenvalue weighted by atomic mass is 35.5. The van der Waals surface area contributed by atoms with Gasteiger partial charge in [-0.05, 0) is 97.5 Å². The molecule has 0 unspecified atom stereocenters. The summed E-state index contributed by atoms with van der Waals surface area (Å²) in [5.41, 5.74) is 3.82. The standard InChI is InChI=1S/C31H23ClN4O3S2/c1-19-5-6-20(32)18-25(19)27-15-16-28(39-27)30-29(26-4-2-3-17-33-26)34-31(40)35(30)21-7-11-23(12-8-21)41-24-13-9-22(10-14-24)36(37)38/h2-18,29-30H,1H3,(H,34,40)/t29-,30+/m0/s1. The molecule has 10 heteroatoms. The van der Waals surface area contributed by atoms with Gasteiger partial charge in [-0.3, -0.25) is 15.1 Å². The van der Waals surface area contributed by atoms with Crippen LogP contribution in [0.15, 0.2) is 117 Å². The Morgan fingerprint density at radius 2 is 1.73 bits per heavy atom. The van der Waals surface area contributed by atoms with Crippen LogP contribution in [0.5, 0.6) is 0 Å². The first-order valence-electron chi connectivity index (χ1n) is 12.8. The lowest BCUT2D eigenvalue weighted by Crippen LogP contribution is -2.29. The second-order valence-electron chi connectivity index (χ2n) is 9.50. The maximum Gasteiger partial charge on any atom is 0.269 e. The van der Waals surface area contributed by atoms with Crippen molar-refractivity contribution in [2.45, 2.75) is 28.8 Å². The molecule has 0 radical (unpaired) electrons. The van der Waals surface area contributed by atoms with Crippen LogP contribution in [0.3, 0.4) is 0 Å². The van der Waals surface area contributed by atoms with E-state index in [0.717, 1.165) is 43.8 Å². The predicted molar refractivity (Wildman–Crippen MR) is 165 cm³/mol. The second kappa shape index (κ2) is 11.4. The fraction of sp³-hybridized carbons (Fsp3) is 0.0968. The summed E-state index contributed by atoms with van der Waals surface area (Å²) in [4.78, 5) is 19.1. The second-order valence-corrected chi connectivity index (χ2v) is 11.5. The first-order valence-corrected chi connectivity index (χ1v) is 14.4. The third-order valence-corrected chi connectivity index (χ3v) is 8.44. The number of hydrogen-bond acceptors (Lipinski definition) is 6. The van der Waals surface area contributed by atoms with Crippen molar-refractivity contribution in [2.75, 3.05) is 4.90 Å². The van der Waals surface area contributed by atoms with Gasteiger partial charge >= 0.3 is 0 Å². The van der Waals surface area contributed by atoms with Crippen LogP contribution < -0.4 is 10.2 Å². The van der Waals surface area contributed by atoms with E-state index in [4.69, 9.17) is 28.2 Å². The molecule has 0 saturated carbocycles. The SMILES string of the molecule is Cc1ccc(Cl)cc1-c1ccc([C@@H]2[C@H](c3ccccn3)NC(=S)N2c2ccc(Sc3ccc([N+](=O)[O-])cc3)cc2)o1. The molecule has 0 bridgehead atoms. The summed E-state index contributed by atoms with van der Waals surface area (Å²) < 4.78 is 6.49. The molecule has 204 valence electrons. The van der Waals surface area contributed by atoms with Gasteiger partial charge in [-0.1, -0.05) is 35.5 Å². The van der Waals surface area contributed by atoms with E-state index in [2.05, 4.69) is 15.2 Å². The predicted octanol–water partition coefficient (Wildman–Crippen LogP) is 8.54. The van der Waals surface area contributed by atoms with Crippen molar-refractivity contribution in [3.63, 3.8) is 0 Å². The van der Waals surface area contributed by atoms with E-state index in [1.807, 2.05) is 79.7 Å². The van der Waals surface area contributed by atoms with Crippen LogP contribution in [-0.4, -0.2) is 15.0 Å². The first kappa shape index (κ1) is 27.0. The van der Waals surface area contributed by atoms with Crippen molar-refractivity contribution < 1.29 is 9.34 Å². The Labute approximate surface area is 251 Å². The molecule has 2 atom stereocenters. The van der Waals surface area contributed by atoms with Crippen LogP contribution in [0.25, 0.3) is 11.3 Å². The fourth-order valence-electron chi connectivity index (χ4n) is 4.88. The molecule has 1 saturated heterocycles. The topological polar surface area (TPSA) is 84.4 Å². The number of benzene rings is 3. The molecule has 1 aliphatic rings. The molecule has 3 aromatic carbocycles. The minimum absolute atomic E-state index is 0.0693. The molecule has 5 aromatic rings. The average molecular weight is 599 g/mol. The average Bonchev–Trinajstić information content (AvgIpc) is 3.60. The smallest absolute Gasteiger partial charge is 0.269 e. The van der Waals surface area contributed by atoms with Gasteiger partial charge in [0.05, 0.1) is 16.7 Å². The van der Waals surface area contributed by atoms with E-state index >= 15 is 0 Å². The number of nitro groups is 1. The van der Waals surface area contributed by atoms with Crippen molar-refractivity contribution in [1.82, 2.24) is 10.3 Å². The number of thiocarbonyl (C=S) groups is 1. The van der Waals surface area contributed by atoms with E-state index in [0.29, 0.717) is 10.1 Å². The van der Waals surface area contributed by atoms with Gasteiger partial charge in [0, 0.05) is 44.4 Å². The molecule has 2 aromatic heterocycles. The molecule has 41 heavy (non-hydrogen) atoms. The zero-order chi connectivity index (χ0) is 28.5. The van der Waals surface area contributed by atoms with Gasteiger partial charge in [0.1, 0.15) is 17.6 Å². The lowest BCUT2D eigenvalue weighted by atomic mass is 10.0. The number of furan rings is 1. The third kappa shape index (κ3) is 5.56. The van der Waals surface area contributed by atoms with Gasteiger partial charge in [0.2, 0.25) is 0 Å². The number of halogens is 1. The molecule has 6 rings (SSSR count). The van der Waals surface area contributed by atoms with E-state index in [1.165, 1.54) is 23.9 Å². The van der Waals surface area contributed by atoms with Gasteiger partial charge in [-0.25, -0.2) is 0 Å². The summed E-state index contributed by atoms with van der Waals surface area (Å²) in [7, 11) is 0. The monoisotopic (exact) mass is 598 g/mol. The molecule has 0 spiro atoms. The molecular formula is C31H23ClN4O3S2. The van der Waals surface area contributed by atoms with Crippen LogP contribution in [0.2, 0.25) is 5.02 Å². The van der Waals surface area contributed by atoms with Gasteiger partial charge in [-0.15, -0.1) is 0 Å². The van der Waals surface area contributed by atoms with Gasteiger partial charge in [-0.2, -0.15) is 0 Å². The lowest BCUT2D eigenvalue weighted by Gasteiger charge is -2.26. The zero-order valence-corrected chi connectivity index (χ0v) is 24.1. The fourth-order valence-corrected chi connectivity index (χ4v) is 6.22. The summed E-state index contributed by atoms with van der Waals surface area (Å²) in [5, 5.41) is 15.6. The molecule has 1 aliphatic heterocycles. The molecule has 1 N–H and O–H groups in total. The Hall–Kier alpha value is -4.18. The van der Waals surface area contributed by atoms with Crippen LogP contribution >= 0.6 is 35.6 Å². The van der Waals surface area contributed by atoms with Gasteiger partial charge < -0.3 is 14.6 Å². The highest BCUT2D eigenvalue weighted by Gasteiger charge is 2.42. The van der Waals surface area contributed by atoms with Crippen molar-refractivity contribution >= 4 is 52.1 Å². The minimum Gasteiger partial charge on any atom is -0.459 e. The number of anilines is 1. The number of rotatable bonds is 7. The Kier molecular flexibility index (Phi) is 7.49. The maximum absolute atomic E-state index is 11.0. The number of nitrogens with one attached hydrogen (secondary N) is 1. The Morgan fingerprint density at radius 1 is 1.00 bits per heavy atom. The van der Waals surface area contributed by atoms with Gasteiger partial charge in [0.25, 0.3) is 5.69 Å². The van der Waals surface area contributed by atoms with E-state index in [9.17, 15) is 10.1 Å². The van der Waals surface area contributed by atoms with Crippen LogP contribution in [-0.2, 0) is 0 Å². The Morgan fingerprint density at radius 3 is 2.41 bits per heavy atom. The van der Waals surface area contributed by atoms with E-state index in [-0.39, 0.29) is 17.8 Å². The number of aryl methyl sites for hydroxylation is 1. The number of nitrogens with zero attached hydrogens (tertiary/aromatic N) is 3. The first-order chi connectivity index (χ1) is 19.9. The van der Waals surface area contributed by atoms with Crippen LogP contribution in [0.1, 0.15) is 29.1 Å². The van der Waals surface area contributed by atoms with E-state index < -0.39 is 4.92 Å². The molecule has 7 nitrogen and oxygen atoms in total. The molecule has 3 heterocycles. The summed E-state index contributed by atoms with van der Waals surface area (Å²) in [6, 6.07) is 29.6. The quantitative estimate of drug-likeness (QED) is 0.113. The Bertz CT molecular complexity index is 1730. The molecule has 1 fully saturated rings. The van der Waals surface area contributed by atoms with Crippen molar-refractivity contribution in [2.24, 2.45) is 0 Å². The van der Waals surface area contributed by atoms with Crippen molar-refractivity contribution in [3.8, 4) is 11.3 Å². The largest absolute Gasteiger partial charge is 0.459 e. The molecule has 0 aliphatic carbocycles. The van der Waals surface area contributed by atoms with Crippen LogP contribution in [0.4, 0.5) is 11.4 Å². The summed E-state index contributed by atoms with van der Waals surface area (Å²) in [5.74, 6) is 1.47. The normalized spacial score (nSPS) is 16.5. The minimum atomic E-state index is -0.400. The summed E-state index contributed by atoms with van der Waals surface area (Å²) >= 11 is 13.7. The zero-order valence-electron chi connectivity index (χ0n) is 21.7. The van der Waals surface area contributed by atoms with Crippen molar-refractivity contribution in [3.05, 3.63) is 135 Å². The molecule has 0 amide bonds. The maximum atomic E-state index is 11.0. The summed E-state index contributed by atoms with van der Waals surface area (Å²) in [6.45, 7) is 2.03. The Balaban J connectivity index is 1.33. The molecular weight excluding hydrogens is 576 g/mol. The highest BCUT2D eigenvalue weighted by molar-refractivity contribution is 7.99. The number of hydrogen-bond donors (Lipinski definition) is 1. The summed E-state index contributed by atoms with van der Waals surface area (Å²) in [6.07, 6.45) is 1.77. The van der Waals surface area contributed by atoms with E-state index in [1.54, 1.807) is 18.3 Å².